The topological polar surface area (TPSA) is 29.5 Å². The highest BCUT2D eigenvalue weighted by Gasteiger charge is 2.56. The zero-order valence-electron chi connectivity index (χ0n) is 16.5. The molecule has 0 saturated heterocycles. The molecule has 1 aliphatic carbocycles. The van der Waals surface area contributed by atoms with Gasteiger partial charge in [-0.25, -0.2) is 8.78 Å². The number of halogens is 5. The first-order valence-electron chi connectivity index (χ1n) is 9.99. The molecule has 2 aliphatic rings. The molecule has 0 unspecified atom stereocenters. The lowest BCUT2D eigenvalue weighted by Gasteiger charge is -2.55. The molecule has 2 aromatic rings. The number of rotatable bonds is 3. The smallest absolute Gasteiger partial charge is 0.416 e. The average molecular weight is 426 g/mol. The molecule has 4 rings (SSSR count). The SMILES string of the molecule is C[C@@]1(CO)CCC[C@@]2(Cc3ccc(C(F)(F)F)cc3)c3c(F)ccc(F)c3OC[C@@H]12. The maximum atomic E-state index is 15.1. The lowest BCUT2D eigenvalue weighted by Crippen LogP contribution is -2.56. The van der Waals surface area contributed by atoms with Crippen molar-refractivity contribution in [3.05, 3.63) is 64.7 Å². The van der Waals surface area contributed by atoms with E-state index >= 15 is 4.39 Å². The highest BCUT2D eigenvalue weighted by Crippen LogP contribution is 2.58. The second-order valence-electron chi connectivity index (χ2n) is 8.79. The summed E-state index contributed by atoms with van der Waals surface area (Å²) < 4.78 is 74.1. The Morgan fingerprint density at radius 2 is 1.70 bits per heavy atom. The molecule has 0 aromatic heterocycles. The van der Waals surface area contributed by atoms with E-state index in [2.05, 4.69) is 0 Å². The zero-order chi connectivity index (χ0) is 21.7. The van der Waals surface area contributed by atoms with E-state index in [0.29, 0.717) is 24.8 Å². The van der Waals surface area contributed by atoms with Crippen LogP contribution in [-0.4, -0.2) is 18.3 Å². The second kappa shape index (κ2) is 7.22. The van der Waals surface area contributed by atoms with Crippen LogP contribution in [0.1, 0.15) is 42.9 Å². The summed E-state index contributed by atoms with van der Waals surface area (Å²) in [5, 5.41) is 10.1. The second-order valence-corrected chi connectivity index (χ2v) is 8.79. The fraction of sp³-hybridized carbons (Fsp3) is 0.478. The number of benzene rings is 2. The summed E-state index contributed by atoms with van der Waals surface area (Å²) in [5.41, 5.74) is -1.46. The third-order valence-corrected chi connectivity index (χ3v) is 6.99. The molecule has 0 radical (unpaired) electrons. The van der Waals surface area contributed by atoms with Gasteiger partial charge in [0.1, 0.15) is 5.82 Å². The minimum absolute atomic E-state index is 0.116. The molecule has 30 heavy (non-hydrogen) atoms. The van der Waals surface area contributed by atoms with Crippen molar-refractivity contribution in [1.82, 2.24) is 0 Å². The van der Waals surface area contributed by atoms with Gasteiger partial charge >= 0.3 is 6.18 Å². The Bertz CT molecular complexity index is 940. The number of alkyl halides is 3. The Kier molecular flexibility index (Phi) is 5.08. The van der Waals surface area contributed by atoms with E-state index in [1.165, 1.54) is 12.1 Å². The van der Waals surface area contributed by atoms with Crippen LogP contribution in [0.4, 0.5) is 22.0 Å². The van der Waals surface area contributed by atoms with E-state index < -0.39 is 34.2 Å². The van der Waals surface area contributed by atoms with Crippen molar-refractivity contribution in [2.24, 2.45) is 11.3 Å². The van der Waals surface area contributed by atoms with E-state index in [0.717, 1.165) is 24.3 Å². The van der Waals surface area contributed by atoms with Crippen LogP contribution in [0.15, 0.2) is 36.4 Å². The van der Waals surface area contributed by atoms with Gasteiger partial charge in [-0.05, 0) is 54.5 Å². The predicted octanol–water partition coefficient (Wildman–Crippen LogP) is 5.66. The van der Waals surface area contributed by atoms with Crippen molar-refractivity contribution in [3.63, 3.8) is 0 Å². The van der Waals surface area contributed by atoms with Crippen LogP contribution in [0.3, 0.4) is 0 Å². The van der Waals surface area contributed by atoms with Gasteiger partial charge in [0.05, 0.1) is 12.2 Å². The average Bonchev–Trinajstić information content (AvgIpc) is 2.70. The molecular weight excluding hydrogens is 403 g/mol. The van der Waals surface area contributed by atoms with Crippen LogP contribution >= 0.6 is 0 Å². The van der Waals surface area contributed by atoms with E-state index in [-0.39, 0.29) is 36.9 Å². The van der Waals surface area contributed by atoms with Gasteiger partial charge in [0, 0.05) is 23.5 Å². The molecular formula is C23H23F5O2. The number of ether oxygens (including phenoxy) is 1. The Labute approximate surface area is 171 Å². The molecule has 1 saturated carbocycles. The molecule has 1 aliphatic heterocycles. The first-order chi connectivity index (χ1) is 14.1. The van der Waals surface area contributed by atoms with E-state index in [9.17, 15) is 22.7 Å². The lowest BCUT2D eigenvalue weighted by atomic mass is 9.51. The van der Waals surface area contributed by atoms with E-state index in [4.69, 9.17) is 4.74 Å². The molecule has 1 N–H and O–H groups in total. The summed E-state index contributed by atoms with van der Waals surface area (Å²) in [4.78, 5) is 0. The Hall–Kier alpha value is -2.15. The zero-order valence-corrected chi connectivity index (χ0v) is 16.5. The minimum Gasteiger partial charge on any atom is -0.490 e. The van der Waals surface area contributed by atoms with E-state index in [1.54, 1.807) is 0 Å². The summed E-state index contributed by atoms with van der Waals surface area (Å²) in [6.07, 6.45) is -2.28. The fourth-order valence-electron chi connectivity index (χ4n) is 5.45. The van der Waals surface area contributed by atoms with Crippen molar-refractivity contribution in [1.29, 1.82) is 0 Å². The van der Waals surface area contributed by atoms with Crippen LogP contribution in [0.5, 0.6) is 5.75 Å². The molecule has 162 valence electrons. The molecule has 3 atom stereocenters. The fourth-order valence-corrected chi connectivity index (χ4v) is 5.45. The van der Waals surface area contributed by atoms with E-state index in [1.807, 2.05) is 6.92 Å². The van der Waals surface area contributed by atoms with Gasteiger partial charge in [-0.15, -0.1) is 0 Å². The summed E-state index contributed by atoms with van der Waals surface area (Å²) >= 11 is 0. The highest BCUT2D eigenvalue weighted by molar-refractivity contribution is 5.47. The maximum absolute atomic E-state index is 15.1. The van der Waals surface area contributed by atoms with Crippen molar-refractivity contribution in [3.8, 4) is 5.75 Å². The first kappa shape index (κ1) is 21.1. The van der Waals surface area contributed by atoms with Gasteiger partial charge in [-0.3, -0.25) is 0 Å². The van der Waals surface area contributed by atoms with Gasteiger partial charge in [-0.1, -0.05) is 25.5 Å². The lowest BCUT2D eigenvalue weighted by molar-refractivity contribution is -0.137. The van der Waals surface area contributed by atoms with Gasteiger partial charge in [0.15, 0.2) is 11.6 Å². The summed E-state index contributed by atoms with van der Waals surface area (Å²) in [7, 11) is 0. The largest absolute Gasteiger partial charge is 0.490 e. The van der Waals surface area contributed by atoms with Crippen LogP contribution in [0.2, 0.25) is 0 Å². The number of fused-ring (bicyclic) bond motifs is 3. The summed E-state index contributed by atoms with van der Waals surface area (Å²) in [6, 6.07) is 6.90. The van der Waals surface area contributed by atoms with Crippen LogP contribution in [-0.2, 0) is 18.0 Å². The monoisotopic (exact) mass is 426 g/mol. The van der Waals surface area contributed by atoms with Gasteiger partial charge in [0.25, 0.3) is 0 Å². The Morgan fingerprint density at radius 1 is 1.03 bits per heavy atom. The van der Waals surface area contributed by atoms with Crippen molar-refractivity contribution >= 4 is 0 Å². The van der Waals surface area contributed by atoms with Gasteiger partial charge in [-0.2, -0.15) is 13.2 Å². The molecule has 0 amide bonds. The minimum atomic E-state index is -4.44. The molecule has 1 fully saturated rings. The molecule has 1 heterocycles. The number of hydrogen-bond acceptors (Lipinski definition) is 2. The molecule has 0 spiro atoms. The number of hydrogen-bond donors (Lipinski definition) is 1. The Balaban J connectivity index is 1.85. The normalized spacial score (nSPS) is 28.4. The molecule has 7 heteroatoms. The molecule has 2 nitrogen and oxygen atoms in total. The summed E-state index contributed by atoms with van der Waals surface area (Å²) in [6.45, 7) is 1.89. The van der Waals surface area contributed by atoms with Crippen LogP contribution in [0, 0.1) is 23.0 Å². The van der Waals surface area contributed by atoms with Crippen LogP contribution < -0.4 is 4.74 Å². The molecule has 2 aromatic carbocycles. The summed E-state index contributed by atoms with van der Waals surface area (Å²) in [5.74, 6) is -1.69. The predicted molar refractivity (Wildman–Crippen MR) is 101 cm³/mol. The van der Waals surface area contributed by atoms with Crippen LogP contribution in [0.25, 0.3) is 0 Å². The maximum Gasteiger partial charge on any atom is 0.416 e. The third-order valence-electron chi connectivity index (χ3n) is 6.99. The Morgan fingerprint density at radius 3 is 2.33 bits per heavy atom. The standard InChI is InChI=1S/C23H23F5O2/c1-21(13-29)9-2-10-22(11-14-3-5-15(6-4-14)23(26,27)28)18(21)12-30-20-17(25)8-7-16(24)19(20)22/h3-8,18,29H,2,9-13H2,1H3/t18-,21-,22-/m0/s1. The van der Waals surface area contributed by atoms with Crippen molar-refractivity contribution < 1.29 is 31.8 Å². The first-order valence-corrected chi connectivity index (χ1v) is 9.99. The number of aliphatic hydroxyl groups excluding tert-OH is 1. The highest BCUT2D eigenvalue weighted by atomic mass is 19.4. The van der Waals surface area contributed by atoms with Gasteiger partial charge in [0.2, 0.25) is 0 Å². The van der Waals surface area contributed by atoms with Crippen molar-refractivity contribution in [2.75, 3.05) is 13.2 Å². The molecule has 0 bridgehead atoms. The van der Waals surface area contributed by atoms with Crippen molar-refractivity contribution in [2.45, 2.75) is 44.2 Å². The van der Waals surface area contributed by atoms with Gasteiger partial charge < -0.3 is 9.84 Å². The number of aliphatic hydroxyl groups is 1. The third kappa shape index (κ3) is 3.27. The quantitative estimate of drug-likeness (QED) is 0.643.